The van der Waals surface area contributed by atoms with E-state index in [1.54, 1.807) is 12.1 Å². The van der Waals surface area contributed by atoms with Crippen LogP contribution in [-0.4, -0.2) is 0 Å². The zero-order valence-electron chi connectivity index (χ0n) is 20.2. The Morgan fingerprint density at radius 2 is 1.32 bits per heavy atom. The molecule has 0 aromatic heterocycles. The predicted molar refractivity (Wildman–Crippen MR) is 127 cm³/mol. The zero-order valence-corrected chi connectivity index (χ0v) is 20.2. The first-order valence-electron chi connectivity index (χ1n) is 12.3. The Kier molecular flexibility index (Phi) is 7.85. The monoisotopic (exact) mass is 524 g/mol. The average Bonchev–Trinajstić information content (AvgIpc) is 2.83. The maximum absolute atomic E-state index is 14.7. The Hall–Kier alpha value is -3.03. The number of benzene rings is 3. The highest BCUT2D eigenvalue weighted by Gasteiger charge is 2.38. The van der Waals surface area contributed by atoms with E-state index in [0.29, 0.717) is 18.1 Å². The molecule has 0 unspecified atom stereocenters. The van der Waals surface area contributed by atoms with Crippen LogP contribution in [0, 0.1) is 23.5 Å². The maximum atomic E-state index is 14.7. The lowest BCUT2D eigenvalue weighted by Crippen LogP contribution is -2.21. The van der Waals surface area contributed by atoms with Crippen molar-refractivity contribution in [2.24, 2.45) is 11.8 Å². The van der Waals surface area contributed by atoms with Crippen molar-refractivity contribution < 1.29 is 35.5 Å². The molecule has 0 aliphatic heterocycles. The van der Waals surface area contributed by atoms with Gasteiger partial charge in [-0.2, -0.15) is 22.0 Å². The minimum absolute atomic E-state index is 0.0174. The van der Waals surface area contributed by atoms with E-state index in [-0.39, 0.29) is 16.9 Å². The van der Waals surface area contributed by atoms with Gasteiger partial charge in [0.2, 0.25) is 0 Å². The molecule has 0 bridgehead atoms. The van der Waals surface area contributed by atoms with E-state index < -0.39 is 35.0 Å². The topological polar surface area (TPSA) is 9.23 Å². The van der Waals surface area contributed by atoms with Crippen LogP contribution in [0.4, 0.5) is 30.7 Å². The number of hydrogen-bond donors (Lipinski definition) is 0. The Morgan fingerprint density at radius 1 is 0.757 bits per heavy atom. The Morgan fingerprint density at radius 3 is 1.86 bits per heavy atom. The summed E-state index contributed by atoms with van der Waals surface area (Å²) in [6.45, 7) is 2.28. The summed E-state index contributed by atoms with van der Waals surface area (Å²) in [6.07, 6.45) is -1.97. The number of hydrogen-bond acceptors (Lipinski definition) is 1. The van der Waals surface area contributed by atoms with Crippen LogP contribution in [0.3, 0.4) is 0 Å². The number of ether oxygens (including phenoxy) is 1. The summed E-state index contributed by atoms with van der Waals surface area (Å²) in [7, 11) is 0. The van der Waals surface area contributed by atoms with Crippen molar-refractivity contribution in [1.29, 1.82) is 0 Å². The maximum Gasteiger partial charge on any atom is 0.426 e. The lowest BCUT2D eigenvalue weighted by molar-refractivity contribution is -0.185. The standard InChI is InChI=1S/C29H27F7O/c1-18-2-4-19(5-3-18)6-7-20-8-14-24(15-9-20)37-29(35,36)23-12-10-21(11-13-23)22-16-25(30)27(26(31)17-22)28(32,33)34/h8-19H,2-7H2,1H3. The van der Waals surface area contributed by atoms with Gasteiger partial charge in [-0.25, -0.2) is 8.78 Å². The normalized spacial score (nSPS) is 18.6. The van der Waals surface area contributed by atoms with Crippen molar-refractivity contribution in [2.75, 3.05) is 0 Å². The van der Waals surface area contributed by atoms with Crippen molar-refractivity contribution in [1.82, 2.24) is 0 Å². The van der Waals surface area contributed by atoms with Crippen molar-refractivity contribution in [3.05, 3.63) is 89.0 Å². The molecule has 3 aromatic carbocycles. The minimum Gasteiger partial charge on any atom is -0.429 e. The molecule has 8 heteroatoms. The van der Waals surface area contributed by atoms with Gasteiger partial charge in [0.25, 0.3) is 0 Å². The fraction of sp³-hybridized carbons (Fsp3) is 0.379. The molecule has 4 rings (SSSR count). The van der Waals surface area contributed by atoms with Crippen molar-refractivity contribution >= 4 is 0 Å². The first-order valence-corrected chi connectivity index (χ1v) is 12.3. The third kappa shape index (κ3) is 6.65. The summed E-state index contributed by atoms with van der Waals surface area (Å²) in [5, 5.41) is 0. The first-order chi connectivity index (χ1) is 17.4. The molecule has 37 heavy (non-hydrogen) atoms. The van der Waals surface area contributed by atoms with Crippen LogP contribution in [0.1, 0.15) is 55.7 Å². The highest BCUT2D eigenvalue weighted by Crippen LogP contribution is 2.37. The molecule has 1 aliphatic rings. The Bertz CT molecular complexity index is 1170. The summed E-state index contributed by atoms with van der Waals surface area (Å²) in [5.74, 6) is -2.08. The second-order valence-corrected chi connectivity index (χ2v) is 9.82. The van der Waals surface area contributed by atoms with Crippen LogP contribution < -0.4 is 4.74 Å². The molecule has 1 nitrogen and oxygen atoms in total. The first kappa shape index (κ1) is 27.0. The Balaban J connectivity index is 1.40. The number of aryl methyl sites for hydroxylation is 1. The van der Waals surface area contributed by atoms with Gasteiger partial charge in [0.1, 0.15) is 22.9 Å². The molecular weight excluding hydrogens is 497 g/mol. The zero-order chi connectivity index (χ0) is 26.8. The van der Waals surface area contributed by atoms with E-state index in [1.807, 2.05) is 0 Å². The Labute approximate surface area is 211 Å². The van der Waals surface area contributed by atoms with E-state index in [1.165, 1.54) is 37.8 Å². The van der Waals surface area contributed by atoms with E-state index in [0.717, 1.165) is 48.6 Å². The van der Waals surface area contributed by atoms with Crippen molar-refractivity contribution in [3.63, 3.8) is 0 Å². The average molecular weight is 525 g/mol. The van der Waals surface area contributed by atoms with Gasteiger partial charge in [0.15, 0.2) is 0 Å². The van der Waals surface area contributed by atoms with Crippen LogP contribution >= 0.6 is 0 Å². The van der Waals surface area contributed by atoms with Crippen LogP contribution in [0.25, 0.3) is 11.1 Å². The SMILES string of the molecule is CC1CCC(CCc2ccc(OC(F)(F)c3ccc(-c4cc(F)c(C(F)(F)F)c(F)c4)cc3)cc2)CC1. The smallest absolute Gasteiger partial charge is 0.426 e. The van der Waals surface area contributed by atoms with Gasteiger partial charge in [-0.3, -0.25) is 0 Å². The summed E-state index contributed by atoms with van der Waals surface area (Å²) in [4.78, 5) is 0. The quantitative estimate of drug-likeness (QED) is 0.280. The minimum atomic E-state index is -5.19. The highest BCUT2D eigenvalue weighted by molar-refractivity contribution is 5.64. The largest absolute Gasteiger partial charge is 0.429 e. The van der Waals surface area contributed by atoms with Gasteiger partial charge >= 0.3 is 12.3 Å². The molecular formula is C29H27F7O. The van der Waals surface area contributed by atoms with Crippen LogP contribution in [0.15, 0.2) is 60.7 Å². The van der Waals surface area contributed by atoms with Gasteiger partial charge in [0.05, 0.1) is 5.56 Å². The third-order valence-corrected chi connectivity index (χ3v) is 7.03. The lowest BCUT2D eigenvalue weighted by Gasteiger charge is -2.26. The molecule has 1 saturated carbocycles. The van der Waals surface area contributed by atoms with Crippen molar-refractivity contribution in [3.8, 4) is 16.9 Å². The van der Waals surface area contributed by atoms with Crippen LogP contribution in [-0.2, 0) is 18.7 Å². The second-order valence-electron chi connectivity index (χ2n) is 9.82. The van der Waals surface area contributed by atoms with Gasteiger partial charge in [0, 0.05) is 0 Å². The lowest BCUT2D eigenvalue weighted by atomic mass is 9.80. The summed E-state index contributed by atoms with van der Waals surface area (Å²) in [6, 6.07) is 11.9. The van der Waals surface area contributed by atoms with Crippen LogP contribution in [0.5, 0.6) is 5.75 Å². The molecule has 3 aromatic rings. The molecule has 0 radical (unpaired) electrons. The second kappa shape index (κ2) is 10.8. The summed E-state index contributed by atoms with van der Waals surface area (Å²) in [5.41, 5.74) is -1.60. The number of halogens is 7. The van der Waals surface area contributed by atoms with Gasteiger partial charge in [-0.1, -0.05) is 56.9 Å². The molecule has 0 heterocycles. The van der Waals surface area contributed by atoms with E-state index in [4.69, 9.17) is 4.74 Å². The molecule has 1 aliphatic carbocycles. The molecule has 0 spiro atoms. The predicted octanol–water partition coefficient (Wildman–Crippen LogP) is 9.54. The van der Waals surface area contributed by atoms with Gasteiger partial charge < -0.3 is 4.74 Å². The van der Waals surface area contributed by atoms with E-state index in [9.17, 15) is 30.7 Å². The third-order valence-electron chi connectivity index (χ3n) is 7.03. The van der Waals surface area contributed by atoms with Gasteiger partial charge in [-0.05, 0) is 77.8 Å². The summed E-state index contributed by atoms with van der Waals surface area (Å²) >= 11 is 0. The molecule has 0 atom stereocenters. The molecule has 0 N–H and O–H groups in total. The molecule has 198 valence electrons. The van der Waals surface area contributed by atoms with E-state index in [2.05, 4.69) is 6.92 Å². The van der Waals surface area contributed by atoms with Crippen molar-refractivity contribution in [2.45, 2.75) is 57.7 Å². The highest BCUT2D eigenvalue weighted by atomic mass is 19.4. The number of rotatable bonds is 7. The fourth-order valence-corrected chi connectivity index (χ4v) is 4.79. The van der Waals surface area contributed by atoms with Gasteiger partial charge in [-0.15, -0.1) is 0 Å². The molecule has 0 saturated heterocycles. The number of alkyl halides is 5. The van der Waals surface area contributed by atoms with E-state index >= 15 is 0 Å². The fourth-order valence-electron chi connectivity index (χ4n) is 4.79. The van der Waals surface area contributed by atoms with Crippen LogP contribution in [0.2, 0.25) is 0 Å². The molecule has 0 amide bonds. The molecule has 1 fully saturated rings. The summed E-state index contributed by atoms with van der Waals surface area (Å²) < 4.78 is 101.